The Bertz CT molecular complexity index is 1370. The zero-order chi connectivity index (χ0) is 25.9. The molecule has 188 valence electrons. The van der Waals surface area contributed by atoms with Gasteiger partial charge in [0.25, 0.3) is 31.9 Å². The monoisotopic (exact) mass is 528 g/mol. The highest BCUT2D eigenvalue weighted by Gasteiger charge is 2.45. The van der Waals surface area contributed by atoms with Crippen LogP contribution in [0, 0.1) is 0 Å². The van der Waals surface area contributed by atoms with Gasteiger partial charge in [-0.15, -0.1) is 0 Å². The van der Waals surface area contributed by atoms with Crippen LogP contribution in [0.15, 0.2) is 94.7 Å². The van der Waals surface area contributed by atoms with E-state index in [9.17, 15) is 26.4 Å². The van der Waals surface area contributed by atoms with Crippen molar-refractivity contribution in [2.75, 3.05) is 19.8 Å². The maximum absolute atomic E-state index is 13.7. The minimum atomic E-state index is -4.62. The first-order valence-electron chi connectivity index (χ1n) is 11.1. The second-order valence-electron chi connectivity index (χ2n) is 7.93. The third-order valence-electron chi connectivity index (χ3n) is 5.68. The van der Waals surface area contributed by atoms with Gasteiger partial charge in [0, 0.05) is 6.61 Å². The maximum atomic E-state index is 13.7. The summed E-state index contributed by atoms with van der Waals surface area (Å²) in [6, 6.07) is 19.2. The Hall–Kier alpha value is -3.38. The molecule has 1 atom stereocenters. The van der Waals surface area contributed by atoms with Crippen LogP contribution in [0.5, 0.6) is 0 Å². The van der Waals surface area contributed by atoms with Crippen molar-refractivity contribution < 1.29 is 31.2 Å². The summed E-state index contributed by atoms with van der Waals surface area (Å²) in [6.45, 7) is 0.919. The average molecular weight is 529 g/mol. The molecule has 0 fully saturated rings. The van der Waals surface area contributed by atoms with Crippen LogP contribution in [0.4, 0.5) is 0 Å². The predicted molar refractivity (Wildman–Crippen MR) is 131 cm³/mol. The summed E-state index contributed by atoms with van der Waals surface area (Å²) in [5.74, 6) is -1.29. The lowest BCUT2D eigenvalue weighted by atomic mass is 10.1. The van der Waals surface area contributed by atoms with E-state index in [1.807, 2.05) is 0 Å². The fourth-order valence-corrected chi connectivity index (χ4v) is 7.68. The third-order valence-corrected chi connectivity index (χ3v) is 9.97. The number of hydrogen-bond acceptors (Lipinski definition) is 7. The maximum Gasteiger partial charge on any atom is 0.261 e. The van der Waals surface area contributed by atoms with E-state index in [-0.39, 0.29) is 34.1 Å². The zero-order valence-electron chi connectivity index (χ0n) is 19.4. The molecule has 2 amide bonds. The van der Waals surface area contributed by atoms with Gasteiger partial charge in [-0.25, -0.2) is 16.8 Å². The summed E-state index contributed by atoms with van der Waals surface area (Å²) >= 11 is 0. The van der Waals surface area contributed by atoms with E-state index in [0.717, 1.165) is 4.90 Å². The molecule has 0 bridgehead atoms. The first-order valence-corrected chi connectivity index (χ1v) is 14.0. The van der Waals surface area contributed by atoms with Crippen molar-refractivity contribution in [3.63, 3.8) is 0 Å². The number of nitrogens with zero attached hydrogens (tertiary/aromatic N) is 2. The summed E-state index contributed by atoms with van der Waals surface area (Å²) in [5, 5.41) is 0. The van der Waals surface area contributed by atoms with E-state index >= 15 is 0 Å². The highest BCUT2D eigenvalue weighted by Crippen LogP contribution is 2.29. The Labute approximate surface area is 210 Å². The molecule has 4 rings (SSSR count). The van der Waals surface area contributed by atoms with E-state index in [0.29, 0.717) is 3.71 Å². The number of benzene rings is 3. The molecule has 0 saturated heterocycles. The number of sulfonamides is 2. The van der Waals surface area contributed by atoms with Crippen LogP contribution in [0.2, 0.25) is 0 Å². The van der Waals surface area contributed by atoms with Gasteiger partial charge in [0.15, 0.2) is 0 Å². The van der Waals surface area contributed by atoms with Crippen molar-refractivity contribution in [1.82, 2.24) is 8.61 Å². The van der Waals surface area contributed by atoms with Crippen LogP contribution in [0.25, 0.3) is 0 Å². The van der Waals surface area contributed by atoms with Crippen molar-refractivity contribution in [2.24, 2.45) is 0 Å². The summed E-state index contributed by atoms with van der Waals surface area (Å²) in [4.78, 5) is 26.7. The number of ether oxygens (including phenoxy) is 1. The highest BCUT2D eigenvalue weighted by atomic mass is 32.3. The van der Waals surface area contributed by atoms with Crippen molar-refractivity contribution in [2.45, 2.75) is 22.8 Å². The topological polar surface area (TPSA) is 118 Å². The first-order chi connectivity index (χ1) is 17.2. The van der Waals surface area contributed by atoms with Gasteiger partial charge in [-0.05, 0) is 43.3 Å². The lowest BCUT2D eigenvalue weighted by Crippen LogP contribution is -2.52. The lowest BCUT2D eigenvalue weighted by Gasteiger charge is -2.31. The number of carbonyl (C=O) groups excluding carboxylic acids is 2. The zero-order valence-corrected chi connectivity index (χ0v) is 21.0. The molecule has 0 spiro atoms. The molecule has 0 aromatic heterocycles. The summed E-state index contributed by atoms with van der Waals surface area (Å²) < 4.78 is 60.5. The Morgan fingerprint density at radius 2 is 1.14 bits per heavy atom. The van der Waals surface area contributed by atoms with Crippen molar-refractivity contribution in [3.8, 4) is 0 Å². The summed E-state index contributed by atoms with van der Waals surface area (Å²) in [6.07, 6.45) is 0. The first kappa shape index (κ1) is 25.7. The van der Waals surface area contributed by atoms with Crippen LogP contribution in [0.1, 0.15) is 27.6 Å². The molecule has 36 heavy (non-hydrogen) atoms. The Kier molecular flexibility index (Phi) is 7.36. The number of fused-ring (bicyclic) bond motifs is 1. The molecule has 1 unspecified atom stereocenters. The molecule has 1 aliphatic heterocycles. The lowest BCUT2D eigenvalue weighted by molar-refractivity contribution is 0.0403. The van der Waals surface area contributed by atoms with Gasteiger partial charge < -0.3 is 4.74 Å². The number of carbonyl (C=O) groups is 2. The summed E-state index contributed by atoms with van der Waals surface area (Å²) in [7, 11) is -9.24. The quantitative estimate of drug-likeness (QED) is 0.371. The van der Waals surface area contributed by atoms with E-state index < -0.39 is 44.4 Å². The molecule has 0 aliphatic carbocycles. The van der Waals surface area contributed by atoms with E-state index in [1.165, 1.54) is 60.7 Å². The number of imide groups is 1. The third kappa shape index (κ3) is 4.70. The molecule has 0 saturated carbocycles. The Balaban J connectivity index is 1.82. The van der Waals surface area contributed by atoms with Crippen LogP contribution >= 0.6 is 0 Å². The van der Waals surface area contributed by atoms with Crippen molar-refractivity contribution in [3.05, 3.63) is 96.1 Å². The standard InChI is InChI=1S/C25H24N2O7S2/c1-2-34-18-19(27-24(28)22-15-9-10-16-23(22)25(27)29)17-26(35(30,31)20-11-5-3-6-12-20)36(32,33)21-13-7-4-8-14-21/h3-16,19H,2,17-18H2,1H3. The molecule has 0 N–H and O–H groups in total. The molecule has 1 heterocycles. The molecule has 0 radical (unpaired) electrons. The van der Waals surface area contributed by atoms with Gasteiger partial charge in [0.1, 0.15) is 0 Å². The second-order valence-corrected chi connectivity index (χ2v) is 11.9. The Morgan fingerprint density at radius 3 is 1.56 bits per heavy atom. The summed E-state index contributed by atoms with van der Waals surface area (Å²) in [5.41, 5.74) is 0.319. The fourth-order valence-electron chi connectivity index (χ4n) is 3.92. The molecule has 3 aromatic rings. The number of amides is 2. The van der Waals surface area contributed by atoms with Crippen LogP contribution in [0.3, 0.4) is 0 Å². The SMILES string of the molecule is CCOCC(CN(S(=O)(=O)c1ccccc1)S(=O)(=O)c1ccccc1)N1C(=O)c2ccccc2C1=O. The fraction of sp³-hybridized carbons (Fsp3) is 0.200. The smallest absolute Gasteiger partial charge is 0.261 e. The molecular formula is C25H24N2O7S2. The largest absolute Gasteiger partial charge is 0.380 e. The Morgan fingerprint density at radius 1 is 0.722 bits per heavy atom. The molecule has 3 aromatic carbocycles. The highest BCUT2D eigenvalue weighted by molar-refractivity contribution is 8.04. The van der Waals surface area contributed by atoms with Crippen LogP contribution in [-0.2, 0) is 24.8 Å². The van der Waals surface area contributed by atoms with Gasteiger partial charge in [-0.2, -0.15) is 0 Å². The van der Waals surface area contributed by atoms with E-state index in [4.69, 9.17) is 4.74 Å². The molecule has 11 heteroatoms. The van der Waals surface area contributed by atoms with Gasteiger partial charge in [-0.1, -0.05) is 52.2 Å². The van der Waals surface area contributed by atoms with Crippen LogP contribution in [-0.4, -0.2) is 63.1 Å². The van der Waals surface area contributed by atoms with Gasteiger partial charge in [-0.3, -0.25) is 14.5 Å². The number of hydrogen-bond donors (Lipinski definition) is 0. The molecule has 9 nitrogen and oxygen atoms in total. The molecular weight excluding hydrogens is 504 g/mol. The average Bonchev–Trinajstić information content (AvgIpc) is 3.15. The predicted octanol–water partition coefficient (Wildman–Crippen LogP) is 2.77. The second kappa shape index (κ2) is 10.3. The number of rotatable bonds is 10. The normalized spacial score (nSPS) is 14.8. The van der Waals surface area contributed by atoms with Crippen molar-refractivity contribution >= 4 is 31.9 Å². The van der Waals surface area contributed by atoms with E-state index in [1.54, 1.807) is 31.2 Å². The van der Waals surface area contributed by atoms with Crippen LogP contribution < -0.4 is 0 Å². The minimum Gasteiger partial charge on any atom is -0.380 e. The van der Waals surface area contributed by atoms with E-state index in [2.05, 4.69) is 0 Å². The van der Waals surface area contributed by atoms with Gasteiger partial charge >= 0.3 is 0 Å². The molecule has 1 aliphatic rings. The van der Waals surface area contributed by atoms with Crippen molar-refractivity contribution in [1.29, 1.82) is 0 Å². The minimum absolute atomic E-state index is 0.160. The van der Waals surface area contributed by atoms with Gasteiger partial charge in [0.05, 0.1) is 40.1 Å². The van der Waals surface area contributed by atoms with Gasteiger partial charge in [0.2, 0.25) is 0 Å².